The van der Waals surface area contributed by atoms with Crippen LogP contribution in [-0.2, 0) is 30.5 Å². The van der Waals surface area contributed by atoms with Gasteiger partial charge in [-0.05, 0) is 41.3 Å². The summed E-state index contributed by atoms with van der Waals surface area (Å²) in [6.07, 6.45) is -4.26. The number of halogens is 4. The van der Waals surface area contributed by atoms with E-state index in [4.69, 9.17) is 11.6 Å². The number of aliphatic carboxylic acids is 1. The quantitative estimate of drug-likeness (QED) is 0.873. The van der Waals surface area contributed by atoms with E-state index in [0.717, 1.165) is 17.7 Å². The van der Waals surface area contributed by atoms with E-state index in [1.807, 2.05) is 0 Å². The normalized spacial score (nSPS) is 18.0. The van der Waals surface area contributed by atoms with Gasteiger partial charge in [0.2, 0.25) is 0 Å². The number of alkyl halides is 3. The first-order chi connectivity index (χ1) is 11.8. The van der Waals surface area contributed by atoms with Crippen molar-refractivity contribution in [2.45, 2.75) is 31.7 Å². The highest BCUT2D eigenvalue weighted by Crippen LogP contribution is 2.34. The number of carboxylic acid groups (broad SMARTS) is 1. The smallest absolute Gasteiger partial charge is 0.416 e. The van der Waals surface area contributed by atoms with Gasteiger partial charge in [-0.1, -0.05) is 35.9 Å². The van der Waals surface area contributed by atoms with E-state index in [-0.39, 0.29) is 19.5 Å². The minimum atomic E-state index is -4.42. The molecule has 132 valence electrons. The van der Waals surface area contributed by atoms with Gasteiger partial charge in [0.25, 0.3) is 0 Å². The Morgan fingerprint density at radius 3 is 2.56 bits per heavy atom. The Labute approximate surface area is 147 Å². The number of hydrogen-bond donors (Lipinski definition) is 1. The predicted octanol–water partition coefficient (Wildman–Crippen LogP) is 4.37. The van der Waals surface area contributed by atoms with Gasteiger partial charge >= 0.3 is 12.1 Å². The monoisotopic (exact) mass is 369 g/mol. The number of carbonyl (C=O) groups is 1. The molecule has 25 heavy (non-hydrogen) atoms. The zero-order valence-electron chi connectivity index (χ0n) is 13.1. The standard InChI is InChI=1S/C18H15ClF3NO2/c19-15-4-2-1-3-12(15)9-23-10-13-7-14(18(20,21)22)6-5-11(13)8-16(23)17(24)25/h1-7,16H,8-10H2,(H,24,25)/t16-/m1/s1. The first-order valence-electron chi connectivity index (χ1n) is 7.65. The molecule has 0 aromatic heterocycles. The maximum atomic E-state index is 12.9. The van der Waals surface area contributed by atoms with Crippen molar-refractivity contribution in [2.75, 3.05) is 0 Å². The lowest BCUT2D eigenvalue weighted by Crippen LogP contribution is -2.45. The fraction of sp³-hybridized carbons (Fsp3) is 0.278. The Balaban J connectivity index is 1.93. The summed E-state index contributed by atoms with van der Waals surface area (Å²) >= 11 is 6.13. The summed E-state index contributed by atoms with van der Waals surface area (Å²) in [4.78, 5) is 13.3. The fourth-order valence-corrected chi connectivity index (χ4v) is 3.27. The number of carboxylic acids is 1. The lowest BCUT2D eigenvalue weighted by molar-refractivity contribution is -0.144. The maximum Gasteiger partial charge on any atom is 0.416 e. The Bertz CT molecular complexity index is 807. The Morgan fingerprint density at radius 2 is 1.92 bits per heavy atom. The average Bonchev–Trinajstić information content (AvgIpc) is 2.54. The van der Waals surface area contributed by atoms with E-state index in [0.29, 0.717) is 16.1 Å². The Hall–Kier alpha value is -2.05. The van der Waals surface area contributed by atoms with Crippen LogP contribution in [0.3, 0.4) is 0 Å². The minimum Gasteiger partial charge on any atom is -0.480 e. The van der Waals surface area contributed by atoms with Crippen molar-refractivity contribution in [3.63, 3.8) is 0 Å². The first kappa shape index (κ1) is 17.8. The molecular weight excluding hydrogens is 355 g/mol. The SMILES string of the molecule is O=C(O)[C@H]1Cc2ccc(C(F)(F)F)cc2CN1Cc1ccccc1Cl. The number of hydrogen-bond acceptors (Lipinski definition) is 2. The zero-order chi connectivity index (χ0) is 18.2. The molecule has 0 unspecified atom stereocenters. The van der Waals surface area contributed by atoms with Crippen molar-refractivity contribution in [3.8, 4) is 0 Å². The van der Waals surface area contributed by atoms with Crippen LogP contribution in [0, 0.1) is 0 Å². The number of rotatable bonds is 3. The number of nitrogens with zero attached hydrogens (tertiary/aromatic N) is 1. The van der Waals surface area contributed by atoms with E-state index in [1.165, 1.54) is 6.07 Å². The molecule has 1 N–H and O–H groups in total. The van der Waals surface area contributed by atoms with Gasteiger partial charge in [-0.2, -0.15) is 13.2 Å². The van der Waals surface area contributed by atoms with Crippen LogP contribution in [-0.4, -0.2) is 22.0 Å². The lowest BCUT2D eigenvalue weighted by atomic mass is 9.92. The van der Waals surface area contributed by atoms with Gasteiger partial charge in [0.05, 0.1) is 5.56 Å². The van der Waals surface area contributed by atoms with Crippen LogP contribution in [0.4, 0.5) is 13.2 Å². The maximum absolute atomic E-state index is 12.9. The second-order valence-corrected chi connectivity index (χ2v) is 6.44. The van der Waals surface area contributed by atoms with Gasteiger partial charge in [-0.25, -0.2) is 0 Å². The molecule has 0 radical (unpaired) electrons. The molecule has 0 spiro atoms. The van der Waals surface area contributed by atoms with E-state index in [2.05, 4.69) is 0 Å². The summed E-state index contributed by atoms with van der Waals surface area (Å²) in [5, 5.41) is 10.0. The third kappa shape index (κ3) is 3.80. The van der Waals surface area contributed by atoms with Gasteiger partial charge in [0.15, 0.2) is 0 Å². The van der Waals surface area contributed by atoms with Crippen LogP contribution in [0.25, 0.3) is 0 Å². The minimum absolute atomic E-state index is 0.126. The van der Waals surface area contributed by atoms with E-state index in [1.54, 1.807) is 29.2 Å². The van der Waals surface area contributed by atoms with Crippen molar-refractivity contribution >= 4 is 17.6 Å². The molecule has 1 aliphatic rings. The van der Waals surface area contributed by atoms with Gasteiger partial charge in [0.1, 0.15) is 6.04 Å². The molecule has 0 fully saturated rings. The van der Waals surface area contributed by atoms with Crippen molar-refractivity contribution < 1.29 is 23.1 Å². The third-order valence-corrected chi connectivity index (χ3v) is 4.75. The number of benzene rings is 2. The lowest BCUT2D eigenvalue weighted by Gasteiger charge is -2.35. The van der Waals surface area contributed by atoms with Crippen LogP contribution >= 0.6 is 11.6 Å². The highest BCUT2D eigenvalue weighted by molar-refractivity contribution is 6.31. The highest BCUT2D eigenvalue weighted by atomic mass is 35.5. The molecule has 0 saturated carbocycles. The molecule has 1 aliphatic heterocycles. The van der Waals surface area contributed by atoms with E-state index >= 15 is 0 Å². The molecular formula is C18H15ClF3NO2. The molecule has 2 aromatic rings. The van der Waals surface area contributed by atoms with Gasteiger partial charge < -0.3 is 5.11 Å². The molecule has 0 saturated heterocycles. The molecule has 1 heterocycles. The van der Waals surface area contributed by atoms with Crippen LogP contribution in [0.15, 0.2) is 42.5 Å². The Kier molecular flexibility index (Phi) is 4.75. The van der Waals surface area contributed by atoms with E-state index in [9.17, 15) is 23.1 Å². The molecule has 2 aromatic carbocycles. The van der Waals surface area contributed by atoms with Crippen molar-refractivity contribution in [1.82, 2.24) is 4.90 Å². The predicted molar refractivity (Wildman–Crippen MR) is 87.3 cm³/mol. The Morgan fingerprint density at radius 1 is 1.20 bits per heavy atom. The topological polar surface area (TPSA) is 40.5 Å². The zero-order valence-corrected chi connectivity index (χ0v) is 13.8. The van der Waals surface area contributed by atoms with Crippen molar-refractivity contribution in [1.29, 1.82) is 0 Å². The molecule has 7 heteroatoms. The average molecular weight is 370 g/mol. The molecule has 0 aliphatic carbocycles. The van der Waals surface area contributed by atoms with Crippen molar-refractivity contribution in [2.24, 2.45) is 0 Å². The van der Waals surface area contributed by atoms with Crippen LogP contribution in [0.5, 0.6) is 0 Å². The summed E-state index contributed by atoms with van der Waals surface area (Å²) < 4.78 is 38.8. The first-order valence-corrected chi connectivity index (χ1v) is 8.03. The number of fused-ring (bicyclic) bond motifs is 1. The third-order valence-electron chi connectivity index (χ3n) is 4.38. The largest absolute Gasteiger partial charge is 0.480 e. The highest BCUT2D eigenvalue weighted by Gasteiger charge is 2.35. The fourth-order valence-electron chi connectivity index (χ4n) is 3.07. The van der Waals surface area contributed by atoms with Gasteiger partial charge in [-0.15, -0.1) is 0 Å². The summed E-state index contributed by atoms with van der Waals surface area (Å²) in [5.74, 6) is -1.00. The second kappa shape index (κ2) is 6.69. The van der Waals surface area contributed by atoms with E-state index < -0.39 is 23.8 Å². The molecule has 1 atom stereocenters. The molecule has 3 rings (SSSR count). The molecule has 0 bridgehead atoms. The van der Waals surface area contributed by atoms with Crippen LogP contribution in [0.1, 0.15) is 22.3 Å². The van der Waals surface area contributed by atoms with Crippen molar-refractivity contribution in [3.05, 3.63) is 69.7 Å². The van der Waals surface area contributed by atoms with Crippen LogP contribution in [0.2, 0.25) is 5.02 Å². The summed E-state index contributed by atoms with van der Waals surface area (Å²) in [6, 6.07) is 9.71. The molecule has 0 amide bonds. The van der Waals surface area contributed by atoms with Crippen LogP contribution < -0.4 is 0 Å². The summed E-state index contributed by atoms with van der Waals surface area (Å²) in [7, 11) is 0. The van der Waals surface area contributed by atoms with Gasteiger partial charge in [-0.3, -0.25) is 9.69 Å². The summed E-state index contributed by atoms with van der Waals surface area (Å²) in [6.45, 7) is 0.383. The second-order valence-electron chi connectivity index (χ2n) is 6.04. The summed E-state index contributed by atoms with van der Waals surface area (Å²) in [5.41, 5.74) is 1.15. The molecule has 3 nitrogen and oxygen atoms in total. The van der Waals surface area contributed by atoms with Gasteiger partial charge in [0, 0.05) is 18.1 Å².